The second kappa shape index (κ2) is 12.0. The van der Waals surface area contributed by atoms with Crippen LogP contribution in [-0.4, -0.2) is 69.6 Å². The summed E-state index contributed by atoms with van der Waals surface area (Å²) < 4.78 is 19.3. The van der Waals surface area contributed by atoms with Crippen molar-refractivity contribution in [3.63, 3.8) is 0 Å². The van der Waals surface area contributed by atoms with E-state index >= 15 is 0 Å². The number of halogens is 2. The van der Waals surface area contributed by atoms with E-state index in [4.69, 9.17) is 4.74 Å². The molecule has 1 fully saturated rings. The van der Waals surface area contributed by atoms with E-state index in [0.717, 1.165) is 37.4 Å². The van der Waals surface area contributed by atoms with Crippen molar-refractivity contribution in [2.24, 2.45) is 5.92 Å². The van der Waals surface area contributed by atoms with Crippen molar-refractivity contribution < 1.29 is 13.9 Å². The zero-order valence-corrected chi connectivity index (χ0v) is 19.3. The molecule has 2 aromatic rings. The van der Waals surface area contributed by atoms with Crippen molar-refractivity contribution in [1.82, 2.24) is 15.1 Å². The summed E-state index contributed by atoms with van der Waals surface area (Å²) in [7, 11) is 5.81. The Bertz CT molecular complexity index is 815. The van der Waals surface area contributed by atoms with Gasteiger partial charge in [0.1, 0.15) is 11.6 Å². The molecule has 0 aliphatic carbocycles. The third-order valence-corrected chi connectivity index (χ3v) is 5.70. The Morgan fingerprint density at radius 3 is 2.39 bits per heavy atom. The predicted octanol–water partition coefficient (Wildman–Crippen LogP) is 3.65. The number of benzene rings is 2. The maximum atomic E-state index is 13.3. The van der Waals surface area contributed by atoms with Crippen LogP contribution in [0.5, 0.6) is 5.75 Å². The molecule has 1 N–H and O–H groups in total. The first kappa shape index (κ1) is 25.1. The summed E-state index contributed by atoms with van der Waals surface area (Å²) in [5, 5.41) is 3.43. The van der Waals surface area contributed by atoms with Gasteiger partial charge >= 0.3 is 0 Å². The van der Waals surface area contributed by atoms with Gasteiger partial charge in [-0.15, -0.1) is 12.4 Å². The normalized spacial score (nSPS) is 18.4. The molecule has 1 heterocycles. The number of carbonyl (C=O) groups excluding carboxylic acids is 1. The molecule has 3 rings (SSSR count). The van der Waals surface area contributed by atoms with Crippen molar-refractivity contribution in [3.05, 3.63) is 65.5 Å². The molecule has 1 aliphatic heterocycles. The average molecular weight is 450 g/mol. The van der Waals surface area contributed by atoms with Crippen molar-refractivity contribution in [3.8, 4) is 5.75 Å². The summed E-state index contributed by atoms with van der Waals surface area (Å²) in [6.07, 6.45) is 1.01. The highest BCUT2D eigenvalue weighted by Gasteiger charge is 2.27. The highest BCUT2D eigenvalue weighted by Crippen LogP contribution is 2.31. The smallest absolute Gasteiger partial charge is 0.253 e. The first-order valence-corrected chi connectivity index (χ1v) is 10.5. The van der Waals surface area contributed by atoms with E-state index in [2.05, 4.69) is 10.2 Å². The molecule has 1 saturated heterocycles. The van der Waals surface area contributed by atoms with Gasteiger partial charge in [-0.1, -0.05) is 12.1 Å². The molecule has 1 aliphatic rings. The van der Waals surface area contributed by atoms with Gasteiger partial charge in [0, 0.05) is 38.2 Å². The molecule has 170 valence electrons. The summed E-state index contributed by atoms with van der Waals surface area (Å²) in [6, 6.07) is 14.2. The third kappa shape index (κ3) is 7.20. The van der Waals surface area contributed by atoms with Gasteiger partial charge in [0.25, 0.3) is 5.91 Å². The average Bonchev–Trinajstić information content (AvgIpc) is 2.76. The van der Waals surface area contributed by atoms with Crippen LogP contribution >= 0.6 is 12.4 Å². The molecule has 31 heavy (non-hydrogen) atoms. The predicted molar refractivity (Wildman–Crippen MR) is 125 cm³/mol. The van der Waals surface area contributed by atoms with Crippen LogP contribution in [0.4, 0.5) is 4.39 Å². The maximum Gasteiger partial charge on any atom is 0.253 e. The number of nitrogens with one attached hydrogen (secondary N) is 1. The maximum absolute atomic E-state index is 13.3. The van der Waals surface area contributed by atoms with Gasteiger partial charge in [0.05, 0.1) is 6.61 Å². The standard InChI is InChI=1S/C24H32FN3O2.ClH/c1-27(2)14-15-28(3)24(29)19-6-10-22(11-7-19)30-17-20-16-26-13-12-23(20)18-4-8-21(25)9-5-18;/h4-11,20,23,26H,12-17H2,1-3H3;1H/t20-,23-;/m0./s1. The van der Waals surface area contributed by atoms with Crippen molar-refractivity contribution >= 4 is 18.3 Å². The van der Waals surface area contributed by atoms with Gasteiger partial charge in [-0.3, -0.25) is 4.79 Å². The lowest BCUT2D eigenvalue weighted by molar-refractivity contribution is 0.0786. The van der Waals surface area contributed by atoms with Gasteiger partial charge < -0.3 is 19.9 Å². The summed E-state index contributed by atoms with van der Waals surface area (Å²) in [4.78, 5) is 16.3. The first-order valence-electron chi connectivity index (χ1n) is 10.5. The zero-order valence-electron chi connectivity index (χ0n) is 18.5. The number of likely N-dealkylation sites (N-methyl/N-ethyl adjacent to an activating group) is 2. The molecule has 1 amide bonds. The van der Waals surface area contributed by atoms with Crippen molar-refractivity contribution in [2.75, 3.05) is 53.9 Å². The Hall–Kier alpha value is -2.15. The monoisotopic (exact) mass is 449 g/mol. The van der Waals surface area contributed by atoms with Crippen LogP contribution in [-0.2, 0) is 0 Å². The minimum absolute atomic E-state index is 0. The number of amides is 1. The fraction of sp³-hybridized carbons (Fsp3) is 0.458. The fourth-order valence-corrected chi connectivity index (χ4v) is 3.82. The molecular weight excluding hydrogens is 417 g/mol. The van der Waals surface area contributed by atoms with Crippen molar-refractivity contribution in [1.29, 1.82) is 0 Å². The Kier molecular flexibility index (Phi) is 9.75. The third-order valence-electron chi connectivity index (χ3n) is 5.70. The zero-order chi connectivity index (χ0) is 21.5. The van der Waals surface area contributed by atoms with Crippen LogP contribution in [0.3, 0.4) is 0 Å². The molecule has 0 bridgehead atoms. The van der Waals surface area contributed by atoms with Gasteiger partial charge in [-0.25, -0.2) is 4.39 Å². The summed E-state index contributed by atoms with van der Waals surface area (Å²) in [5.41, 5.74) is 1.82. The lowest BCUT2D eigenvalue weighted by atomic mass is 9.81. The highest BCUT2D eigenvalue weighted by atomic mass is 35.5. The minimum Gasteiger partial charge on any atom is -0.493 e. The van der Waals surface area contributed by atoms with E-state index in [0.29, 0.717) is 30.6 Å². The molecule has 0 unspecified atom stereocenters. The Balaban J connectivity index is 0.00000341. The Morgan fingerprint density at radius 2 is 1.74 bits per heavy atom. The van der Waals surface area contributed by atoms with Gasteiger partial charge in [0.15, 0.2) is 0 Å². The largest absolute Gasteiger partial charge is 0.493 e. The van der Waals surface area contributed by atoms with Crippen LogP contribution < -0.4 is 10.1 Å². The first-order chi connectivity index (χ1) is 14.4. The second-order valence-corrected chi connectivity index (χ2v) is 8.28. The molecule has 7 heteroatoms. The lowest BCUT2D eigenvalue weighted by Crippen LogP contribution is -2.38. The molecule has 2 aromatic carbocycles. The Morgan fingerprint density at radius 1 is 1.06 bits per heavy atom. The molecule has 0 spiro atoms. The van der Waals surface area contributed by atoms with Crippen LogP contribution in [0.1, 0.15) is 28.3 Å². The van der Waals surface area contributed by atoms with E-state index in [1.54, 1.807) is 4.90 Å². The SMILES string of the molecule is CN(C)CCN(C)C(=O)c1ccc(OC[C@@H]2CNCC[C@H]2c2ccc(F)cc2)cc1.Cl. The Labute approximate surface area is 191 Å². The number of hydrogen-bond donors (Lipinski definition) is 1. The quantitative estimate of drug-likeness (QED) is 0.668. The fourth-order valence-electron chi connectivity index (χ4n) is 3.82. The number of carbonyl (C=O) groups is 1. The number of ether oxygens (including phenoxy) is 1. The lowest BCUT2D eigenvalue weighted by Gasteiger charge is -2.32. The van der Waals surface area contributed by atoms with E-state index in [1.807, 2.05) is 57.5 Å². The van der Waals surface area contributed by atoms with Gasteiger partial charge in [-0.05, 0) is 74.9 Å². The van der Waals surface area contributed by atoms with E-state index < -0.39 is 0 Å². The summed E-state index contributed by atoms with van der Waals surface area (Å²) in [5.74, 6) is 1.21. The van der Waals surface area contributed by atoms with Gasteiger partial charge in [-0.2, -0.15) is 0 Å². The molecule has 0 saturated carbocycles. The molecular formula is C24H33ClFN3O2. The highest BCUT2D eigenvalue weighted by molar-refractivity contribution is 5.94. The van der Waals surface area contributed by atoms with Crippen LogP contribution in [0.25, 0.3) is 0 Å². The van der Waals surface area contributed by atoms with Crippen molar-refractivity contribution in [2.45, 2.75) is 12.3 Å². The van der Waals surface area contributed by atoms with E-state index in [-0.39, 0.29) is 24.1 Å². The molecule has 0 radical (unpaired) electrons. The topological polar surface area (TPSA) is 44.8 Å². The second-order valence-electron chi connectivity index (χ2n) is 8.28. The minimum atomic E-state index is -0.206. The number of nitrogens with zero attached hydrogens (tertiary/aromatic N) is 2. The summed E-state index contributed by atoms with van der Waals surface area (Å²) in [6.45, 7) is 3.91. The van der Waals surface area contributed by atoms with Crippen LogP contribution in [0, 0.1) is 11.7 Å². The van der Waals surface area contributed by atoms with E-state index in [1.165, 1.54) is 12.1 Å². The number of piperidine rings is 1. The van der Waals surface area contributed by atoms with E-state index in [9.17, 15) is 9.18 Å². The summed E-state index contributed by atoms with van der Waals surface area (Å²) >= 11 is 0. The van der Waals surface area contributed by atoms with Crippen LogP contribution in [0.2, 0.25) is 0 Å². The van der Waals surface area contributed by atoms with Gasteiger partial charge in [0.2, 0.25) is 0 Å². The molecule has 2 atom stereocenters. The number of rotatable bonds is 8. The van der Waals surface area contributed by atoms with Crippen LogP contribution in [0.15, 0.2) is 48.5 Å². The molecule has 0 aromatic heterocycles. The number of hydrogen-bond acceptors (Lipinski definition) is 4. The molecule has 5 nitrogen and oxygen atoms in total.